The van der Waals surface area contributed by atoms with Crippen LogP contribution in [0.1, 0.15) is 10.4 Å². The first-order valence-electron chi connectivity index (χ1n) is 5.56. The minimum atomic E-state index is -1.01. The lowest BCUT2D eigenvalue weighted by molar-refractivity contribution is -0.142. The molecule has 1 aliphatic rings. The zero-order valence-electron chi connectivity index (χ0n) is 9.73. The molecule has 2 unspecified atom stereocenters. The third-order valence-corrected chi connectivity index (χ3v) is 3.53. The van der Waals surface area contributed by atoms with Crippen molar-refractivity contribution in [2.75, 3.05) is 13.2 Å². The Morgan fingerprint density at radius 3 is 2.47 bits per heavy atom. The number of benzene rings is 1. The highest BCUT2D eigenvalue weighted by Gasteiger charge is 2.35. The minimum absolute atomic E-state index is 0.0799. The predicted octanol–water partition coefficient (Wildman–Crippen LogP) is 1.82. The zero-order valence-corrected chi connectivity index (χ0v) is 11.2. The molecule has 19 heavy (non-hydrogen) atoms. The summed E-state index contributed by atoms with van der Waals surface area (Å²) in [6.07, 6.45) is 0. The summed E-state index contributed by atoms with van der Waals surface area (Å²) in [6, 6.07) is 4.13. The molecule has 0 aliphatic carbocycles. The standard InChI is InChI=1S/C12H11Cl2NO4/c13-7-2-1-3-8(14)10(7)11(16)15-9-5-19-4-6(9)12(17)18/h1-3,6,9H,4-5H2,(H,15,16)(H,17,18). The van der Waals surface area contributed by atoms with E-state index < -0.39 is 23.8 Å². The summed E-state index contributed by atoms with van der Waals surface area (Å²) in [6.45, 7) is 0.237. The van der Waals surface area contributed by atoms with Gasteiger partial charge >= 0.3 is 5.97 Å². The van der Waals surface area contributed by atoms with Crippen LogP contribution >= 0.6 is 23.2 Å². The van der Waals surface area contributed by atoms with E-state index in [2.05, 4.69) is 5.32 Å². The summed E-state index contributed by atoms with van der Waals surface area (Å²) < 4.78 is 5.07. The van der Waals surface area contributed by atoms with Crippen LogP contribution < -0.4 is 5.32 Å². The van der Waals surface area contributed by atoms with Crippen LogP contribution in [0.15, 0.2) is 18.2 Å². The van der Waals surface area contributed by atoms with Crippen molar-refractivity contribution < 1.29 is 19.4 Å². The van der Waals surface area contributed by atoms with E-state index in [1.165, 1.54) is 0 Å². The lowest BCUT2D eigenvalue weighted by Gasteiger charge is -2.16. The second-order valence-corrected chi connectivity index (χ2v) is 4.97. The molecule has 2 N–H and O–H groups in total. The molecule has 1 aliphatic heterocycles. The Kier molecular flexibility index (Phi) is 4.29. The van der Waals surface area contributed by atoms with Crippen molar-refractivity contribution in [3.63, 3.8) is 0 Å². The third-order valence-electron chi connectivity index (χ3n) is 2.90. The molecule has 7 heteroatoms. The van der Waals surface area contributed by atoms with E-state index in [0.717, 1.165) is 0 Å². The molecule has 0 aromatic heterocycles. The lowest BCUT2D eigenvalue weighted by Crippen LogP contribution is -2.42. The Labute approximate surface area is 119 Å². The molecule has 1 aromatic carbocycles. The van der Waals surface area contributed by atoms with Gasteiger partial charge in [-0.2, -0.15) is 0 Å². The number of ether oxygens (including phenoxy) is 1. The largest absolute Gasteiger partial charge is 0.481 e. The number of carboxylic acids is 1. The smallest absolute Gasteiger partial charge is 0.311 e. The molecule has 102 valence electrons. The van der Waals surface area contributed by atoms with E-state index in [1.54, 1.807) is 18.2 Å². The molecule has 1 saturated heterocycles. The van der Waals surface area contributed by atoms with E-state index in [9.17, 15) is 9.59 Å². The van der Waals surface area contributed by atoms with Gasteiger partial charge in [0.1, 0.15) is 5.92 Å². The number of carbonyl (C=O) groups excluding carboxylic acids is 1. The first-order valence-corrected chi connectivity index (χ1v) is 6.31. The summed E-state index contributed by atoms with van der Waals surface area (Å²) in [5, 5.41) is 12.0. The molecule has 0 saturated carbocycles. The summed E-state index contributed by atoms with van der Waals surface area (Å²) in [4.78, 5) is 23.1. The van der Waals surface area contributed by atoms with Crippen LogP contribution in [-0.2, 0) is 9.53 Å². The van der Waals surface area contributed by atoms with Crippen molar-refractivity contribution in [3.05, 3.63) is 33.8 Å². The average molecular weight is 304 g/mol. The first kappa shape index (κ1) is 14.1. The van der Waals surface area contributed by atoms with Crippen molar-refractivity contribution in [1.29, 1.82) is 0 Å². The number of aliphatic carboxylic acids is 1. The van der Waals surface area contributed by atoms with Gasteiger partial charge in [-0.15, -0.1) is 0 Å². The topological polar surface area (TPSA) is 75.6 Å². The minimum Gasteiger partial charge on any atom is -0.481 e. The quantitative estimate of drug-likeness (QED) is 0.893. The maximum atomic E-state index is 12.1. The van der Waals surface area contributed by atoms with Gasteiger partial charge in [-0.3, -0.25) is 9.59 Å². The number of carboxylic acid groups (broad SMARTS) is 1. The van der Waals surface area contributed by atoms with Crippen molar-refractivity contribution in [2.45, 2.75) is 6.04 Å². The molecule has 1 fully saturated rings. The van der Waals surface area contributed by atoms with Crippen LogP contribution in [0.2, 0.25) is 10.0 Å². The van der Waals surface area contributed by atoms with Crippen LogP contribution in [0.3, 0.4) is 0 Å². The van der Waals surface area contributed by atoms with Crippen LogP contribution in [0, 0.1) is 5.92 Å². The van der Waals surface area contributed by atoms with Gasteiger partial charge in [0, 0.05) is 0 Å². The molecule has 0 spiro atoms. The predicted molar refractivity (Wildman–Crippen MR) is 69.7 cm³/mol. The molecule has 0 radical (unpaired) electrons. The molecule has 2 rings (SSSR count). The van der Waals surface area contributed by atoms with Crippen LogP contribution in [0.5, 0.6) is 0 Å². The third kappa shape index (κ3) is 3.00. The normalized spacial score (nSPS) is 22.2. The summed E-state index contributed by atoms with van der Waals surface area (Å²) in [7, 11) is 0. The van der Waals surface area contributed by atoms with Crippen LogP contribution in [0.25, 0.3) is 0 Å². The molecule has 0 bridgehead atoms. The summed E-state index contributed by atoms with van der Waals surface area (Å²) in [5.41, 5.74) is 0.141. The average Bonchev–Trinajstić information content (AvgIpc) is 2.76. The summed E-state index contributed by atoms with van der Waals surface area (Å²) in [5.74, 6) is -2.27. The van der Waals surface area contributed by atoms with Gasteiger partial charge in [-0.25, -0.2) is 0 Å². The number of halogens is 2. The van der Waals surface area contributed by atoms with Crippen molar-refractivity contribution in [1.82, 2.24) is 5.32 Å². The van der Waals surface area contributed by atoms with E-state index in [1.807, 2.05) is 0 Å². The van der Waals surface area contributed by atoms with E-state index in [0.29, 0.717) is 0 Å². The summed E-state index contributed by atoms with van der Waals surface area (Å²) >= 11 is 11.8. The highest BCUT2D eigenvalue weighted by Crippen LogP contribution is 2.25. The maximum absolute atomic E-state index is 12.1. The number of carbonyl (C=O) groups is 2. The number of hydrogen-bond acceptors (Lipinski definition) is 3. The maximum Gasteiger partial charge on any atom is 0.311 e. The Bertz CT molecular complexity index is 500. The zero-order chi connectivity index (χ0) is 14.0. The Morgan fingerprint density at radius 1 is 1.26 bits per heavy atom. The van der Waals surface area contributed by atoms with E-state index in [-0.39, 0.29) is 28.8 Å². The van der Waals surface area contributed by atoms with E-state index >= 15 is 0 Å². The Morgan fingerprint density at radius 2 is 1.89 bits per heavy atom. The highest BCUT2D eigenvalue weighted by atomic mass is 35.5. The lowest BCUT2D eigenvalue weighted by atomic mass is 10.0. The van der Waals surface area contributed by atoms with Gasteiger partial charge in [-0.05, 0) is 12.1 Å². The highest BCUT2D eigenvalue weighted by molar-refractivity contribution is 6.39. The Hall–Kier alpha value is -1.30. The van der Waals surface area contributed by atoms with E-state index in [4.69, 9.17) is 33.0 Å². The van der Waals surface area contributed by atoms with Gasteiger partial charge in [0.25, 0.3) is 5.91 Å². The molecular formula is C12H11Cl2NO4. The number of rotatable bonds is 3. The van der Waals surface area contributed by atoms with Gasteiger partial charge in [0.05, 0.1) is 34.9 Å². The van der Waals surface area contributed by atoms with Crippen LogP contribution in [-0.4, -0.2) is 36.2 Å². The van der Waals surface area contributed by atoms with Crippen LogP contribution in [0.4, 0.5) is 0 Å². The molecule has 5 nitrogen and oxygen atoms in total. The fourth-order valence-corrected chi connectivity index (χ4v) is 2.46. The second kappa shape index (κ2) is 5.77. The van der Waals surface area contributed by atoms with Crippen molar-refractivity contribution >= 4 is 35.1 Å². The second-order valence-electron chi connectivity index (χ2n) is 4.16. The SMILES string of the molecule is O=C(NC1COCC1C(=O)O)c1c(Cl)cccc1Cl. The van der Waals surface area contributed by atoms with Crippen molar-refractivity contribution in [2.24, 2.45) is 5.92 Å². The van der Waals surface area contributed by atoms with Crippen molar-refractivity contribution in [3.8, 4) is 0 Å². The van der Waals surface area contributed by atoms with Gasteiger partial charge in [0.15, 0.2) is 0 Å². The number of nitrogens with one attached hydrogen (secondary N) is 1. The Balaban J connectivity index is 2.15. The fourth-order valence-electron chi connectivity index (χ4n) is 1.90. The fraction of sp³-hybridized carbons (Fsp3) is 0.333. The molecular weight excluding hydrogens is 293 g/mol. The van der Waals surface area contributed by atoms with Gasteiger partial charge in [0.2, 0.25) is 0 Å². The monoisotopic (exact) mass is 303 g/mol. The molecule has 1 amide bonds. The molecule has 1 heterocycles. The molecule has 2 atom stereocenters. The number of hydrogen-bond donors (Lipinski definition) is 2. The van der Waals surface area contributed by atoms with Gasteiger partial charge < -0.3 is 15.2 Å². The number of amides is 1. The first-order chi connectivity index (χ1) is 9.00. The molecule has 1 aromatic rings. The van der Waals surface area contributed by atoms with Gasteiger partial charge in [-0.1, -0.05) is 29.3 Å².